The van der Waals surface area contributed by atoms with Crippen LogP contribution in [0.2, 0.25) is 4.34 Å². The van der Waals surface area contributed by atoms with Gasteiger partial charge in [-0.3, -0.25) is 25.3 Å². The number of thiophene rings is 1. The largest absolute Gasteiger partial charge is 0.372 e. The molecular weight excluding hydrogens is 384 g/mol. The number of carbonyl (C=O) groups excluding carboxylic acids is 2. The Hall–Kier alpha value is -2.09. The molecule has 1 heterocycles. The molecule has 1 aromatic carbocycles. The van der Waals surface area contributed by atoms with Crippen LogP contribution in [0.1, 0.15) is 29.1 Å². The molecule has 0 aliphatic carbocycles. The molecule has 0 fully saturated rings. The molecule has 0 saturated carbocycles. The topological polar surface area (TPSA) is 64.7 Å². The standard InChI is InChI=1S/C19H25ClN4O2S/c1-4-24(5-2)15-8-6-14(7-9-15)19(26)22-21-18(25)13-23(3)12-16-10-11-17(20)27-16/h6-11H,4-5,12-13H2,1-3H3,(H,21,25)(H,22,26). The number of rotatable bonds is 8. The van der Waals surface area contributed by atoms with Crippen molar-refractivity contribution in [2.45, 2.75) is 20.4 Å². The predicted octanol–water partition coefficient (Wildman–Crippen LogP) is 3.14. The van der Waals surface area contributed by atoms with Gasteiger partial charge in [-0.15, -0.1) is 11.3 Å². The Morgan fingerprint density at radius 3 is 2.26 bits per heavy atom. The van der Waals surface area contributed by atoms with Crippen molar-refractivity contribution in [2.24, 2.45) is 0 Å². The van der Waals surface area contributed by atoms with E-state index in [9.17, 15) is 9.59 Å². The molecule has 0 spiro atoms. The molecule has 6 nitrogen and oxygen atoms in total. The van der Waals surface area contributed by atoms with E-state index in [0.29, 0.717) is 12.1 Å². The second kappa shape index (κ2) is 10.3. The van der Waals surface area contributed by atoms with E-state index in [2.05, 4.69) is 29.6 Å². The van der Waals surface area contributed by atoms with Crippen molar-refractivity contribution in [3.63, 3.8) is 0 Å². The summed E-state index contributed by atoms with van der Waals surface area (Å²) in [5.74, 6) is -0.629. The number of anilines is 1. The molecule has 0 aliphatic heterocycles. The third kappa shape index (κ3) is 6.53. The number of carbonyl (C=O) groups is 2. The van der Waals surface area contributed by atoms with E-state index in [4.69, 9.17) is 11.6 Å². The monoisotopic (exact) mass is 408 g/mol. The van der Waals surface area contributed by atoms with E-state index in [1.165, 1.54) is 11.3 Å². The normalized spacial score (nSPS) is 10.7. The quantitative estimate of drug-likeness (QED) is 0.658. The van der Waals surface area contributed by atoms with E-state index >= 15 is 0 Å². The molecule has 0 aliphatic rings. The lowest BCUT2D eigenvalue weighted by Gasteiger charge is -2.21. The van der Waals surface area contributed by atoms with Crippen molar-refractivity contribution in [2.75, 3.05) is 31.6 Å². The second-order valence-corrected chi connectivity index (χ2v) is 7.90. The van der Waals surface area contributed by atoms with E-state index < -0.39 is 0 Å². The van der Waals surface area contributed by atoms with Crippen LogP contribution in [-0.2, 0) is 11.3 Å². The van der Waals surface area contributed by atoms with Gasteiger partial charge in [-0.1, -0.05) is 11.6 Å². The summed E-state index contributed by atoms with van der Waals surface area (Å²) in [6, 6.07) is 11.1. The maximum Gasteiger partial charge on any atom is 0.269 e. The molecule has 0 atom stereocenters. The molecule has 1 aromatic heterocycles. The summed E-state index contributed by atoms with van der Waals surface area (Å²) in [6.07, 6.45) is 0. The molecule has 8 heteroatoms. The van der Waals surface area contributed by atoms with Gasteiger partial charge in [-0.25, -0.2) is 0 Å². The lowest BCUT2D eigenvalue weighted by Crippen LogP contribution is -2.45. The molecule has 0 bridgehead atoms. The molecule has 2 rings (SSSR count). The van der Waals surface area contributed by atoms with Crippen molar-refractivity contribution in [1.82, 2.24) is 15.8 Å². The maximum absolute atomic E-state index is 12.2. The third-order valence-corrected chi connectivity index (χ3v) is 5.26. The average Bonchev–Trinajstić information content (AvgIpc) is 3.05. The Morgan fingerprint density at radius 1 is 1.04 bits per heavy atom. The van der Waals surface area contributed by atoms with Crippen LogP contribution in [0, 0.1) is 0 Å². The SMILES string of the molecule is CCN(CC)c1ccc(C(=O)NNC(=O)CN(C)Cc2ccc(Cl)s2)cc1. The van der Waals surface area contributed by atoms with Gasteiger partial charge < -0.3 is 4.90 Å². The van der Waals surface area contributed by atoms with Crippen LogP contribution in [0.5, 0.6) is 0 Å². The molecular formula is C19H25ClN4O2S. The van der Waals surface area contributed by atoms with Gasteiger partial charge in [0.1, 0.15) is 0 Å². The molecule has 0 saturated heterocycles. The third-order valence-electron chi connectivity index (χ3n) is 4.04. The van der Waals surface area contributed by atoms with E-state index in [-0.39, 0.29) is 18.4 Å². The zero-order valence-electron chi connectivity index (χ0n) is 15.8. The highest BCUT2D eigenvalue weighted by Crippen LogP contribution is 2.22. The average molecular weight is 409 g/mol. The number of hydrogen-bond donors (Lipinski definition) is 2. The Balaban J connectivity index is 1.79. The fourth-order valence-electron chi connectivity index (χ4n) is 2.65. The summed E-state index contributed by atoms with van der Waals surface area (Å²) < 4.78 is 0.724. The highest BCUT2D eigenvalue weighted by atomic mass is 35.5. The van der Waals surface area contributed by atoms with E-state index in [1.54, 1.807) is 12.1 Å². The van der Waals surface area contributed by atoms with E-state index in [0.717, 1.165) is 28.0 Å². The van der Waals surface area contributed by atoms with Crippen LogP contribution in [0.15, 0.2) is 36.4 Å². The summed E-state index contributed by atoms with van der Waals surface area (Å²) in [4.78, 5) is 29.3. The minimum absolute atomic E-state index is 0.163. The predicted molar refractivity (Wildman–Crippen MR) is 111 cm³/mol. The van der Waals surface area contributed by atoms with Gasteiger partial charge in [0.15, 0.2) is 0 Å². The summed E-state index contributed by atoms with van der Waals surface area (Å²) >= 11 is 7.39. The molecule has 146 valence electrons. The lowest BCUT2D eigenvalue weighted by molar-refractivity contribution is -0.122. The summed E-state index contributed by atoms with van der Waals surface area (Å²) in [5, 5.41) is 0. The first kappa shape index (κ1) is 21.2. The van der Waals surface area contributed by atoms with Gasteiger partial charge in [0.25, 0.3) is 11.8 Å². The van der Waals surface area contributed by atoms with Crippen molar-refractivity contribution in [3.8, 4) is 0 Å². The second-order valence-electron chi connectivity index (χ2n) is 6.10. The van der Waals surface area contributed by atoms with Gasteiger partial charge in [-0.05, 0) is 57.3 Å². The zero-order valence-corrected chi connectivity index (χ0v) is 17.4. The van der Waals surface area contributed by atoms with Crippen molar-refractivity contribution < 1.29 is 9.59 Å². The molecule has 2 N–H and O–H groups in total. The van der Waals surface area contributed by atoms with Gasteiger partial charge in [0.2, 0.25) is 0 Å². The van der Waals surface area contributed by atoms with Crippen LogP contribution in [0.4, 0.5) is 5.69 Å². The number of amides is 2. The van der Waals surface area contributed by atoms with Crippen molar-refractivity contribution in [1.29, 1.82) is 0 Å². The number of halogens is 1. The maximum atomic E-state index is 12.2. The molecule has 0 unspecified atom stereocenters. The number of hydrogen-bond acceptors (Lipinski definition) is 5. The van der Waals surface area contributed by atoms with Gasteiger partial charge in [0.05, 0.1) is 10.9 Å². The molecule has 2 aromatic rings. The number of benzene rings is 1. The van der Waals surface area contributed by atoms with Gasteiger partial charge >= 0.3 is 0 Å². The first-order valence-electron chi connectivity index (χ1n) is 8.79. The van der Waals surface area contributed by atoms with Crippen LogP contribution < -0.4 is 15.8 Å². The fraction of sp³-hybridized carbons (Fsp3) is 0.368. The fourth-order valence-corrected chi connectivity index (χ4v) is 3.82. The lowest BCUT2D eigenvalue weighted by atomic mass is 10.2. The van der Waals surface area contributed by atoms with Gasteiger partial charge in [0, 0.05) is 35.8 Å². The minimum Gasteiger partial charge on any atom is -0.372 e. The zero-order chi connectivity index (χ0) is 19.8. The Kier molecular flexibility index (Phi) is 8.09. The number of likely N-dealkylation sites (N-methyl/N-ethyl adjacent to an activating group) is 1. The van der Waals surface area contributed by atoms with Crippen molar-refractivity contribution >= 4 is 40.4 Å². The Labute approximate surface area is 169 Å². The number of hydrazine groups is 1. The number of nitrogens with zero attached hydrogens (tertiary/aromatic N) is 2. The Morgan fingerprint density at radius 2 is 1.70 bits per heavy atom. The van der Waals surface area contributed by atoms with Gasteiger partial charge in [-0.2, -0.15) is 0 Å². The number of nitrogens with one attached hydrogen (secondary N) is 2. The first-order valence-corrected chi connectivity index (χ1v) is 9.99. The van der Waals surface area contributed by atoms with Crippen LogP contribution >= 0.6 is 22.9 Å². The summed E-state index contributed by atoms with van der Waals surface area (Å²) in [6.45, 7) is 6.77. The first-order chi connectivity index (χ1) is 12.9. The Bertz CT molecular complexity index is 759. The van der Waals surface area contributed by atoms with Crippen LogP contribution in [0.25, 0.3) is 0 Å². The molecule has 2 amide bonds. The van der Waals surface area contributed by atoms with Crippen LogP contribution in [0.3, 0.4) is 0 Å². The summed E-state index contributed by atoms with van der Waals surface area (Å²) in [7, 11) is 1.83. The summed E-state index contributed by atoms with van der Waals surface area (Å²) in [5.41, 5.74) is 6.46. The molecule has 0 radical (unpaired) electrons. The minimum atomic E-state index is -0.345. The smallest absolute Gasteiger partial charge is 0.269 e. The highest BCUT2D eigenvalue weighted by Gasteiger charge is 2.11. The van der Waals surface area contributed by atoms with E-state index in [1.807, 2.05) is 36.2 Å². The van der Waals surface area contributed by atoms with Crippen LogP contribution in [-0.4, -0.2) is 43.4 Å². The van der Waals surface area contributed by atoms with Crippen molar-refractivity contribution in [3.05, 3.63) is 51.2 Å². The molecule has 27 heavy (non-hydrogen) atoms. The highest BCUT2D eigenvalue weighted by molar-refractivity contribution is 7.16.